The van der Waals surface area contributed by atoms with Crippen LogP contribution < -0.4 is 0 Å². The first-order chi connectivity index (χ1) is 6.24. The highest BCUT2D eigenvalue weighted by atomic mass is 35.5. The van der Waals surface area contributed by atoms with Crippen LogP contribution in [0.1, 0.15) is 5.69 Å². The van der Waals surface area contributed by atoms with E-state index in [9.17, 15) is 0 Å². The average Bonchev–Trinajstić information content (AvgIpc) is 1.95. The minimum Gasteiger partial charge on any atom is -0.379 e. The number of aromatic nitrogens is 2. The Bertz CT molecular complexity index is 297. The lowest BCUT2D eigenvalue weighted by Crippen LogP contribution is -2.30. The van der Waals surface area contributed by atoms with Crippen molar-refractivity contribution in [3.63, 3.8) is 0 Å². The van der Waals surface area contributed by atoms with E-state index in [-0.39, 0.29) is 0 Å². The van der Waals surface area contributed by atoms with Gasteiger partial charge in [-0.1, -0.05) is 11.8 Å². The second kappa shape index (κ2) is 3.82. The third-order valence-corrected chi connectivity index (χ3v) is 2.92. The van der Waals surface area contributed by atoms with E-state index in [2.05, 4.69) is 9.97 Å². The van der Waals surface area contributed by atoms with Gasteiger partial charge in [0.25, 0.3) is 0 Å². The van der Waals surface area contributed by atoms with E-state index in [1.807, 2.05) is 13.0 Å². The van der Waals surface area contributed by atoms with Crippen LogP contribution >= 0.6 is 23.4 Å². The van der Waals surface area contributed by atoms with Crippen LogP contribution in [0.2, 0.25) is 5.28 Å². The van der Waals surface area contributed by atoms with E-state index in [0.29, 0.717) is 10.5 Å². The normalized spacial score (nSPS) is 17.1. The molecule has 1 aromatic heterocycles. The molecule has 0 spiro atoms. The molecule has 0 aromatic carbocycles. The van der Waals surface area contributed by atoms with Crippen LogP contribution in [0.25, 0.3) is 0 Å². The molecule has 0 amide bonds. The molecular weight excluding hydrogens is 208 g/mol. The van der Waals surface area contributed by atoms with Gasteiger partial charge in [-0.2, -0.15) is 0 Å². The molecule has 1 fully saturated rings. The van der Waals surface area contributed by atoms with Crippen molar-refractivity contribution in [1.82, 2.24) is 9.97 Å². The van der Waals surface area contributed by atoms with Crippen LogP contribution in [0.4, 0.5) is 0 Å². The van der Waals surface area contributed by atoms with E-state index in [0.717, 1.165) is 23.9 Å². The molecule has 2 rings (SSSR count). The van der Waals surface area contributed by atoms with Crippen LogP contribution in [0.15, 0.2) is 11.1 Å². The summed E-state index contributed by atoms with van der Waals surface area (Å²) in [5.41, 5.74) is 0.905. The molecule has 0 unspecified atom stereocenters. The lowest BCUT2D eigenvalue weighted by atomic mass is 10.4. The van der Waals surface area contributed by atoms with Crippen LogP contribution in [0.5, 0.6) is 0 Å². The van der Waals surface area contributed by atoms with Crippen molar-refractivity contribution in [2.75, 3.05) is 13.2 Å². The van der Waals surface area contributed by atoms with Gasteiger partial charge in [0.15, 0.2) is 0 Å². The molecule has 0 radical (unpaired) electrons. The molecule has 1 aliphatic rings. The highest BCUT2D eigenvalue weighted by Gasteiger charge is 2.20. The summed E-state index contributed by atoms with van der Waals surface area (Å²) in [7, 11) is 0. The summed E-state index contributed by atoms with van der Waals surface area (Å²) in [4.78, 5) is 8.11. The number of aryl methyl sites for hydroxylation is 1. The van der Waals surface area contributed by atoms with Gasteiger partial charge in [-0.05, 0) is 24.6 Å². The van der Waals surface area contributed by atoms with Gasteiger partial charge in [-0.3, -0.25) is 0 Å². The Labute approximate surface area is 85.9 Å². The predicted octanol–water partition coefficient (Wildman–Crippen LogP) is 1.93. The molecule has 2 heterocycles. The zero-order valence-corrected chi connectivity index (χ0v) is 8.73. The zero-order valence-electron chi connectivity index (χ0n) is 7.16. The minimum atomic E-state index is 0.322. The van der Waals surface area contributed by atoms with Gasteiger partial charge >= 0.3 is 0 Å². The van der Waals surface area contributed by atoms with Crippen molar-refractivity contribution in [1.29, 1.82) is 0 Å². The monoisotopic (exact) mass is 216 g/mol. The Kier molecular flexibility index (Phi) is 2.71. The summed E-state index contributed by atoms with van der Waals surface area (Å²) < 4.78 is 5.07. The van der Waals surface area contributed by atoms with E-state index >= 15 is 0 Å². The van der Waals surface area contributed by atoms with Gasteiger partial charge in [0.05, 0.1) is 18.5 Å². The van der Waals surface area contributed by atoms with Gasteiger partial charge in [-0.25, -0.2) is 9.97 Å². The quantitative estimate of drug-likeness (QED) is 0.559. The maximum Gasteiger partial charge on any atom is 0.223 e. The summed E-state index contributed by atoms with van der Waals surface area (Å²) in [5, 5.41) is 1.79. The van der Waals surface area contributed by atoms with Crippen LogP contribution in [0, 0.1) is 6.92 Å². The van der Waals surface area contributed by atoms with Crippen molar-refractivity contribution >= 4 is 23.4 Å². The standard InChI is InChI=1S/C8H9ClN2OS/c1-5-2-7(11-8(9)10-5)13-6-3-12-4-6/h2,6H,3-4H2,1H3. The Morgan fingerprint density at radius 3 is 2.85 bits per heavy atom. The summed E-state index contributed by atoms with van der Waals surface area (Å²) in [5.74, 6) is 0. The van der Waals surface area contributed by atoms with Gasteiger partial charge in [-0.15, -0.1) is 0 Å². The Morgan fingerprint density at radius 1 is 1.54 bits per heavy atom. The topological polar surface area (TPSA) is 35.0 Å². The molecule has 0 bridgehead atoms. The number of halogens is 1. The molecule has 5 heteroatoms. The number of hydrogen-bond donors (Lipinski definition) is 0. The average molecular weight is 217 g/mol. The van der Waals surface area contributed by atoms with Crippen LogP contribution in [0.3, 0.4) is 0 Å². The number of nitrogens with zero attached hydrogens (tertiary/aromatic N) is 2. The van der Waals surface area contributed by atoms with E-state index < -0.39 is 0 Å². The van der Waals surface area contributed by atoms with Crippen LogP contribution in [-0.4, -0.2) is 28.4 Å². The Hall–Kier alpha value is -0.320. The molecule has 3 nitrogen and oxygen atoms in total. The molecule has 1 saturated heterocycles. The summed E-state index contributed by atoms with van der Waals surface area (Å²) in [6.45, 7) is 3.53. The van der Waals surface area contributed by atoms with Crippen molar-refractivity contribution < 1.29 is 4.74 Å². The smallest absolute Gasteiger partial charge is 0.223 e. The molecule has 0 saturated carbocycles. The van der Waals surface area contributed by atoms with E-state index in [1.54, 1.807) is 11.8 Å². The third-order valence-electron chi connectivity index (χ3n) is 1.70. The largest absolute Gasteiger partial charge is 0.379 e. The number of hydrogen-bond acceptors (Lipinski definition) is 4. The SMILES string of the molecule is Cc1cc(SC2COC2)nc(Cl)n1. The maximum atomic E-state index is 5.73. The fourth-order valence-electron chi connectivity index (χ4n) is 1.02. The van der Waals surface area contributed by atoms with Crippen molar-refractivity contribution in [2.24, 2.45) is 0 Å². The number of ether oxygens (including phenoxy) is 1. The number of thioether (sulfide) groups is 1. The fraction of sp³-hybridized carbons (Fsp3) is 0.500. The summed E-state index contributed by atoms with van der Waals surface area (Å²) in [6, 6.07) is 1.94. The van der Waals surface area contributed by atoms with Gasteiger partial charge in [0.2, 0.25) is 5.28 Å². The molecule has 0 N–H and O–H groups in total. The lowest BCUT2D eigenvalue weighted by Gasteiger charge is -2.24. The predicted molar refractivity (Wildman–Crippen MR) is 52.2 cm³/mol. The Balaban J connectivity index is 2.10. The molecule has 0 atom stereocenters. The zero-order chi connectivity index (χ0) is 9.26. The van der Waals surface area contributed by atoms with Crippen molar-refractivity contribution in [3.8, 4) is 0 Å². The van der Waals surface area contributed by atoms with Gasteiger partial charge in [0, 0.05) is 5.69 Å². The molecule has 0 aliphatic carbocycles. The van der Waals surface area contributed by atoms with Gasteiger partial charge in [0.1, 0.15) is 5.03 Å². The first kappa shape index (κ1) is 9.24. The molecule has 70 valence electrons. The highest BCUT2D eigenvalue weighted by Crippen LogP contribution is 2.27. The fourth-order valence-corrected chi connectivity index (χ4v) is 2.34. The molecule has 1 aliphatic heterocycles. The molecular formula is C8H9ClN2OS. The Morgan fingerprint density at radius 2 is 2.31 bits per heavy atom. The summed E-state index contributed by atoms with van der Waals surface area (Å²) in [6.07, 6.45) is 0. The van der Waals surface area contributed by atoms with E-state index in [4.69, 9.17) is 16.3 Å². The van der Waals surface area contributed by atoms with Gasteiger partial charge < -0.3 is 4.74 Å². The minimum absolute atomic E-state index is 0.322. The van der Waals surface area contributed by atoms with Crippen LogP contribution in [-0.2, 0) is 4.74 Å². The van der Waals surface area contributed by atoms with Crippen molar-refractivity contribution in [2.45, 2.75) is 17.2 Å². The van der Waals surface area contributed by atoms with Crippen molar-refractivity contribution in [3.05, 3.63) is 17.0 Å². The third kappa shape index (κ3) is 2.33. The second-order valence-electron chi connectivity index (χ2n) is 2.89. The lowest BCUT2D eigenvalue weighted by molar-refractivity contribution is 0.0454. The summed E-state index contributed by atoms with van der Waals surface area (Å²) >= 11 is 7.43. The first-order valence-electron chi connectivity index (χ1n) is 3.99. The highest BCUT2D eigenvalue weighted by molar-refractivity contribution is 8.00. The molecule has 13 heavy (non-hydrogen) atoms. The van der Waals surface area contributed by atoms with E-state index in [1.165, 1.54) is 0 Å². The second-order valence-corrected chi connectivity index (χ2v) is 4.55. The maximum absolute atomic E-state index is 5.73. The molecule has 1 aromatic rings. The number of rotatable bonds is 2. The first-order valence-corrected chi connectivity index (χ1v) is 5.25.